The summed E-state index contributed by atoms with van der Waals surface area (Å²) in [5, 5.41) is 16.5. The monoisotopic (exact) mass is 711 g/mol. The number of halogens is 2. The molecular weight excluding hydrogens is 686 g/mol. The second kappa shape index (κ2) is 14.8. The van der Waals surface area contributed by atoms with E-state index in [1.54, 1.807) is 84.6 Å². The first-order valence-electron chi connectivity index (χ1n) is 12.6. The van der Waals surface area contributed by atoms with Crippen LogP contribution in [0.1, 0.15) is 11.7 Å². The van der Waals surface area contributed by atoms with Gasteiger partial charge in [-0.1, -0.05) is 46.3 Å². The summed E-state index contributed by atoms with van der Waals surface area (Å²) in [5.41, 5.74) is 7.57. The number of nitrogens with one attached hydrogen (secondary N) is 2. The number of ether oxygens (including phenoxy) is 2. The molecule has 11 heteroatoms. The molecule has 0 fully saturated rings. The first-order chi connectivity index (χ1) is 20.2. The van der Waals surface area contributed by atoms with Crippen molar-refractivity contribution in [3.8, 4) is 11.5 Å². The van der Waals surface area contributed by atoms with Gasteiger partial charge in [0.1, 0.15) is 11.5 Å². The van der Waals surface area contributed by atoms with Crippen molar-refractivity contribution in [2.75, 3.05) is 22.6 Å². The Morgan fingerprint density at radius 3 is 2.33 bits per heavy atom. The number of amides is 2. The molecule has 216 valence electrons. The van der Waals surface area contributed by atoms with E-state index in [9.17, 15) is 14.7 Å². The predicted octanol–water partition coefficient (Wildman–Crippen LogP) is 8.15. The highest BCUT2D eigenvalue weighted by Crippen LogP contribution is 2.39. The molecule has 4 aromatic rings. The Kier molecular flexibility index (Phi) is 10.9. The maximum Gasteiger partial charge on any atom is 0.412 e. The number of hydrogen-bond donors (Lipinski definition) is 4. The smallest absolute Gasteiger partial charge is 0.412 e. The van der Waals surface area contributed by atoms with Crippen molar-refractivity contribution < 1.29 is 24.2 Å². The Morgan fingerprint density at radius 1 is 0.952 bits per heavy atom. The zero-order valence-electron chi connectivity index (χ0n) is 22.3. The topological polar surface area (TPSA) is 123 Å². The van der Waals surface area contributed by atoms with Crippen LogP contribution in [0.5, 0.6) is 11.5 Å². The quantitative estimate of drug-likeness (QED) is 0.0744. The van der Waals surface area contributed by atoms with Crippen LogP contribution in [0.15, 0.2) is 117 Å². The van der Waals surface area contributed by atoms with E-state index in [0.29, 0.717) is 31.8 Å². The lowest BCUT2D eigenvalue weighted by Gasteiger charge is -2.27. The van der Waals surface area contributed by atoms with Gasteiger partial charge in [-0.3, -0.25) is 10.1 Å². The number of thioether (sulfide) groups is 1. The number of hydrogen-bond acceptors (Lipinski definition) is 7. The SMILES string of the molecule is CSc1ccc(NC(=O)O[C@H](c2cc(Br)cc(Br)c2O)[C@@H](/C=C/C(=O)Nc2ccccc2N)Oc2ccccc2)cc1. The van der Waals surface area contributed by atoms with Crippen LogP contribution in [-0.4, -0.2) is 29.5 Å². The van der Waals surface area contributed by atoms with E-state index in [4.69, 9.17) is 15.2 Å². The van der Waals surface area contributed by atoms with Gasteiger partial charge in [0.15, 0.2) is 12.2 Å². The lowest BCUT2D eigenvalue weighted by molar-refractivity contribution is -0.112. The van der Waals surface area contributed by atoms with Crippen molar-refractivity contribution in [1.82, 2.24) is 0 Å². The molecule has 0 unspecified atom stereocenters. The Morgan fingerprint density at radius 2 is 1.64 bits per heavy atom. The van der Waals surface area contributed by atoms with E-state index in [-0.39, 0.29) is 11.3 Å². The van der Waals surface area contributed by atoms with Gasteiger partial charge in [-0.25, -0.2) is 4.79 Å². The summed E-state index contributed by atoms with van der Waals surface area (Å²) >= 11 is 8.36. The number of anilines is 3. The summed E-state index contributed by atoms with van der Waals surface area (Å²) in [7, 11) is 0. The van der Waals surface area contributed by atoms with Crippen LogP contribution in [0.25, 0.3) is 0 Å². The third-order valence-corrected chi connectivity index (χ3v) is 7.71. The summed E-state index contributed by atoms with van der Waals surface area (Å²) in [4.78, 5) is 27.1. The Hall–Kier alpha value is -3.93. The van der Waals surface area contributed by atoms with E-state index < -0.39 is 24.2 Å². The fraction of sp³-hybridized carbons (Fsp3) is 0.0968. The first kappa shape index (κ1) is 31.0. The van der Waals surface area contributed by atoms with Crippen LogP contribution < -0.4 is 21.1 Å². The lowest BCUT2D eigenvalue weighted by atomic mass is 10.0. The number of rotatable bonds is 10. The Labute approximate surface area is 264 Å². The second-order valence-electron chi connectivity index (χ2n) is 8.84. The molecular formula is C31H27Br2N3O5S. The molecule has 0 saturated heterocycles. The summed E-state index contributed by atoms with van der Waals surface area (Å²) in [6.07, 6.45) is 1.64. The van der Waals surface area contributed by atoms with E-state index in [2.05, 4.69) is 42.5 Å². The molecule has 0 radical (unpaired) electrons. The van der Waals surface area contributed by atoms with Gasteiger partial charge in [0.25, 0.3) is 0 Å². The molecule has 0 spiro atoms. The molecule has 5 N–H and O–H groups in total. The lowest BCUT2D eigenvalue weighted by Crippen LogP contribution is -2.30. The number of benzene rings is 4. The minimum absolute atomic E-state index is 0.156. The largest absolute Gasteiger partial charge is 0.506 e. The van der Waals surface area contributed by atoms with Crippen LogP contribution >= 0.6 is 43.6 Å². The number of carbonyl (C=O) groups is 2. The van der Waals surface area contributed by atoms with E-state index in [0.717, 1.165) is 4.90 Å². The highest BCUT2D eigenvalue weighted by atomic mass is 79.9. The number of nitrogens with two attached hydrogens (primary N) is 1. The van der Waals surface area contributed by atoms with E-state index >= 15 is 0 Å². The molecule has 0 aromatic heterocycles. The molecule has 2 atom stereocenters. The molecule has 0 aliphatic rings. The van der Waals surface area contributed by atoms with Gasteiger partial charge in [0, 0.05) is 26.7 Å². The van der Waals surface area contributed by atoms with Crippen LogP contribution in [0.3, 0.4) is 0 Å². The van der Waals surface area contributed by atoms with Gasteiger partial charge in [-0.2, -0.15) is 0 Å². The van der Waals surface area contributed by atoms with E-state index in [1.807, 2.05) is 24.5 Å². The maximum atomic E-state index is 13.2. The molecule has 4 rings (SSSR count). The van der Waals surface area contributed by atoms with Gasteiger partial charge >= 0.3 is 6.09 Å². The summed E-state index contributed by atoms with van der Waals surface area (Å²) in [6.45, 7) is 0. The van der Waals surface area contributed by atoms with Gasteiger partial charge in [0.05, 0.1) is 15.8 Å². The van der Waals surface area contributed by atoms with Crippen molar-refractivity contribution in [1.29, 1.82) is 0 Å². The van der Waals surface area contributed by atoms with E-state index in [1.165, 1.54) is 12.2 Å². The third kappa shape index (κ3) is 8.54. The number of phenolic OH excluding ortho intramolecular Hbond substituents is 1. The Balaban J connectivity index is 1.69. The molecule has 0 saturated carbocycles. The van der Waals surface area contributed by atoms with Crippen LogP contribution in [0, 0.1) is 0 Å². The fourth-order valence-electron chi connectivity index (χ4n) is 3.87. The molecule has 0 heterocycles. The number of carbonyl (C=O) groups excluding carboxylic acids is 2. The Bertz CT molecular complexity index is 1570. The van der Waals surface area contributed by atoms with Gasteiger partial charge in [0.2, 0.25) is 5.91 Å². The zero-order valence-corrected chi connectivity index (χ0v) is 26.3. The van der Waals surface area contributed by atoms with Crippen molar-refractivity contribution in [3.05, 3.63) is 118 Å². The van der Waals surface area contributed by atoms with Crippen LogP contribution in [-0.2, 0) is 9.53 Å². The van der Waals surface area contributed by atoms with Crippen molar-refractivity contribution in [3.63, 3.8) is 0 Å². The predicted molar refractivity (Wildman–Crippen MR) is 174 cm³/mol. The molecule has 4 aromatic carbocycles. The minimum atomic E-state index is -1.20. The van der Waals surface area contributed by atoms with Crippen molar-refractivity contribution in [2.45, 2.75) is 17.1 Å². The van der Waals surface area contributed by atoms with Crippen LogP contribution in [0.2, 0.25) is 0 Å². The summed E-state index contributed by atoms with van der Waals surface area (Å²) < 4.78 is 13.1. The third-order valence-electron chi connectivity index (χ3n) is 5.90. The number of phenols is 1. The highest BCUT2D eigenvalue weighted by molar-refractivity contribution is 9.11. The van der Waals surface area contributed by atoms with Gasteiger partial charge in [-0.15, -0.1) is 11.8 Å². The molecule has 0 aliphatic carbocycles. The molecule has 0 aliphatic heterocycles. The van der Waals surface area contributed by atoms with Gasteiger partial charge < -0.3 is 25.6 Å². The maximum absolute atomic E-state index is 13.2. The standard InChI is InChI=1S/C31H27Br2N3O5S/c1-42-22-13-11-20(12-14-22)35-31(39)41-30(23-17-19(32)18-24(33)29(23)38)27(40-21-7-3-2-4-8-21)15-16-28(37)36-26-10-6-5-9-25(26)34/h2-18,27,30,38H,34H2,1H3,(H,35,39)(H,36,37)/b16-15+/t27-,30-/m1/s1. The first-order valence-corrected chi connectivity index (χ1v) is 15.4. The fourth-order valence-corrected chi connectivity index (χ4v) is 5.54. The molecule has 2 amide bonds. The van der Waals surface area contributed by atoms with Crippen LogP contribution in [0.4, 0.5) is 21.9 Å². The molecule has 0 bridgehead atoms. The van der Waals surface area contributed by atoms with Gasteiger partial charge in [-0.05, 0) is 88.9 Å². The minimum Gasteiger partial charge on any atom is -0.506 e. The number of aromatic hydroxyl groups is 1. The summed E-state index contributed by atoms with van der Waals surface area (Å²) in [5.74, 6) is -0.182. The normalized spacial score (nSPS) is 12.4. The average Bonchev–Trinajstić information content (AvgIpc) is 2.98. The number of nitrogen functional groups attached to an aromatic ring is 1. The van der Waals surface area contributed by atoms with Crippen molar-refractivity contribution in [2.24, 2.45) is 0 Å². The zero-order chi connectivity index (χ0) is 30.1. The summed E-state index contributed by atoms with van der Waals surface area (Å²) in [6, 6.07) is 26.3. The van der Waals surface area contributed by atoms with Crippen molar-refractivity contribution >= 4 is 72.7 Å². The second-order valence-corrected chi connectivity index (χ2v) is 11.5. The molecule has 42 heavy (non-hydrogen) atoms. The molecule has 8 nitrogen and oxygen atoms in total. The highest BCUT2D eigenvalue weighted by Gasteiger charge is 2.31. The number of para-hydroxylation sites is 3. The average molecular weight is 713 g/mol.